The number of para-hydroxylation sites is 2. The number of fused-ring (bicyclic) bond motifs is 1. The summed E-state index contributed by atoms with van der Waals surface area (Å²) in [5.41, 5.74) is 1.92. The minimum atomic E-state index is -0.548. The summed E-state index contributed by atoms with van der Waals surface area (Å²) in [4.78, 5) is 35.3. The van der Waals surface area contributed by atoms with E-state index < -0.39 is 5.76 Å². The van der Waals surface area contributed by atoms with Gasteiger partial charge in [0, 0.05) is 37.9 Å². The van der Waals surface area contributed by atoms with Crippen LogP contribution in [0.2, 0.25) is 0 Å². The van der Waals surface area contributed by atoms with Crippen molar-refractivity contribution >= 4 is 28.8 Å². The first-order valence-corrected chi connectivity index (χ1v) is 9.87. The molecule has 10 heteroatoms. The van der Waals surface area contributed by atoms with E-state index in [1.54, 1.807) is 24.3 Å². The molecule has 0 spiro atoms. The lowest BCUT2D eigenvalue weighted by Gasteiger charge is -2.28. The summed E-state index contributed by atoms with van der Waals surface area (Å²) in [6.45, 7) is 5.62. The normalized spacial score (nSPS) is 14.1. The molecule has 2 aromatic heterocycles. The van der Waals surface area contributed by atoms with Crippen LogP contribution in [0, 0.1) is 6.92 Å². The van der Waals surface area contributed by atoms with Crippen LogP contribution in [-0.2, 0) is 16.1 Å². The molecule has 4 rings (SSSR count). The molecule has 0 bridgehead atoms. The number of nitrogens with one attached hydrogen (secondary N) is 2. The number of oxazole rings is 1. The molecule has 1 aliphatic heterocycles. The number of morpholine rings is 1. The standard InChI is InChI=1S/C20H24N6O4/c1-14-12-17(25-8-10-29-11-9-25)24-19(23-14)22-7-6-21-18(27)13-26-15-4-2-3-5-16(15)30-20(26)28/h2-5,12H,6-11,13H2,1H3,(H,21,27)(H,22,23,24). The predicted octanol–water partition coefficient (Wildman–Crippen LogP) is 0.758. The molecule has 1 aliphatic rings. The summed E-state index contributed by atoms with van der Waals surface area (Å²) in [5, 5.41) is 5.93. The summed E-state index contributed by atoms with van der Waals surface area (Å²) in [6.07, 6.45) is 0. The molecule has 2 N–H and O–H groups in total. The number of nitrogens with zero attached hydrogens (tertiary/aromatic N) is 4. The molecular weight excluding hydrogens is 388 g/mol. The van der Waals surface area contributed by atoms with Crippen LogP contribution in [0.25, 0.3) is 11.1 Å². The first kappa shape index (κ1) is 19.9. The quantitative estimate of drug-likeness (QED) is 0.547. The topological polar surface area (TPSA) is 115 Å². The maximum absolute atomic E-state index is 12.2. The number of aryl methyl sites for hydroxylation is 1. The second-order valence-corrected chi connectivity index (χ2v) is 6.99. The zero-order valence-corrected chi connectivity index (χ0v) is 16.8. The number of rotatable bonds is 7. The Morgan fingerprint density at radius 1 is 1.17 bits per heavy atom. The molecule has 0 radical (unpaired) electrons. The van der Waals surface area contributed by atoms with E-state index in [0.717, 1.165) is 24.6 Å². The van der Waals surface area contributed by atoms with Crippen molar-refractivity contribution in [2.45, 2.75) is 13.5 Å². The Morgan fingerprint density at radius 3 is 2.80 bits per heavy atom. The number of anilines is 2. The van der Waals surface area contributed by atoms with E-state index >= 15 is 0 Å². The van der Waals surface area contributed by atoms with Gasteiger partial charge in [-0.1, -0.05) is 12.1 Å². The van der Waals surface area contributed by atoms with Crippen LogP contribution in [0.1, 0.15) is 5.69 Å². The van der Waals surface area contributed by atoms with Gasteiger partial charge in [-0.15, -0.1) is 0 Å². The molecule has 158 valence electrons. The number of benzene rings is 1. The molecule has 30 heavy (non-hydrogen) atoms. The van der Waals surface area contributed by atoms with Crippen molar-refractivity contribution in [2.24, 2.45) is 0 Å². The number of hydrogen-bond acceptors (Lipinski definition) is 8. The van der Waals surface area contributed by atoms with Crippen LogP contribution in [-0.4, -0.2) is 59.8 Å². The number of carbonyl (C=O) groups excluding carboxylic acids is 1. The van der Waals surface area contributed by atoms with E-state index in [9.17, 15) is 9.59 Å². The van der Waals surface area contributed by atoms with Gasteiger partial charge in [-0.25, -0.2) is 9.78 Å². The third kappa shape index (κ3) is 4.60. The average molecular weight is 412 g/mol. The van der Waals surface area contributed by atoms with Gasteiger partial charge in [0.05, 0.1) is 18.7 Å². The number of amides is 1. The highest BCUT2D eigenvalue weighted by Crippen LogP contribution is 2.16. The van der Waals surface area contributed by atoms with Crippen molar-refractivity contribution in [3.05, 3.63) is 46.6 Å². The van der Waals surface area contributed by atoms with Gasteiger partial charge >= 0.3 is 5.76 Å². The fourth-order valence-corrected chi connectivity index (χ4v) is 3.32. The molecule has 3 aromatic rings. The second kappa shape index (κ2) is 8.95. The summed E-state index contributed by atoms with van der Waals surface area (Å²) < 4.78 is 11.8. The molecule has 0 atom stereocenters. The lowest BCUT2D eigenvalue weighted by atomic mass is 10.3. The van der Waals surface area contributed by atoms with Crippen LogP contribution in [0.4, 0.5) is 11.8 Å². The summed E-state index contributed by atoms with van der Waals surface area (Å²) in [5.74, 6) is 0.559. The van der Waals surface area contributed by atoms with Crippen molar-refractivity contribution in [3.63, 3.8) is 0 Å². The smallest absolute Gasteiger partial charge is 0.408 e. The second-order valence-electron chi connectivity index (χ2n) is 6.99. The Kier molecular flexibility index (Phi) is 5.94. The Hall–Kier alpha value is -3.40. The van der Waals surface area contributed by atoms with Crippen LogP contribution >= 0.6 is 0 Å². The lowest BCUT2D eigenvalue weighted by molar-refractivity contribution is -0.121. The van der Waals surface area contributed by atoms with Crippen LogP contribution in [0.3, 0.4) is 0 Å². The number of ether oxygens (including phenoxy) is 1. The van der Waals surface area contributed by atoms with Crippen molar-refractivity contribution in [1.29, 1.82) is 0 Å². The highest BCUT2D eigenvalue weighted by Gasteiger charge is 2.14. The van der Waals surface area contributed by atoms with E-state index in [1.165, 1.54) is 4.57 Å². The fourth-order valence-electron chi connectivity index (χ4n) is 3.32. The molecule has 1 aromatic carbocycles. The van der Waals surface area contributed by atoms with E-state index in [0.29, 0.717) is 43.4 Å². The molecule has 1 saturated heterocycles. The van der Waals surface area contributed by atoms with Gasteiger partial charge in [-0.3, -0.25) is 9.36 Å². The van der Waals surface area contributed by atoms with Gasteiger partial charge in [0.25, 0.3) is 0 Å². The summed E-state index contributed by atoms with van der Waals surface area (Å²) in [6, 6.07) is 8.96. The van der Waals surface area contributed by atoms with E-state index in [1.807, 2.05) is 13.0 Å². The first-order chi connectivity index (χ1) is 14.6. The minimum Gasteiger partial charge on any atom is -0.408 e. The first-order valence-electron chi connectivity index (χ1n) is 9.87. The Balaban J connectivity index is 1.29. The monoisotopic (exact) mass is 412 g/mol. The highest BCUT2D eigenvalue weighted by atomic mass is 16.5. The van der Waals surface area contributed by atoms with Gasteiger partial charge in [0.15, 0.2) is 5.58 Å². The summed E-state index contributed by atoms with van der Waals surface area (Å²) in [7, 11) is 0. The largest absolute Gasteiger partial charge is 0.420 e. The molecule has 0 unspecified atom stereocenters. The third-order valence-electron chi connectivity index (χ3n) is 4.78. The predicted molar refractivity (Wildman–Crippen MR) is 112 cm³/mol. The number of aromatic nitrogens is 3. The van der Waals surface area contributed by atoms with E-state index in [4.69, 9.17) is 9.15 Å². The minimum absolute atomic E-state index is 0.0992. The van der Waals surface area contributed by atoms with Gasteiger partial charge in [-0.05, 0) is 19.1 Å². The zero-order chi connectivity index (χ0) is 20.9. The lowest BCUT2D eigenvalue weighted by Crippen LogP contribution is -2.37. The number of carbonyl (C=O) groups is 1. The zero-order valence-electron chi connectivity index (χ0n) is 16.8. The average Bonchev–Trinajstić information content (AvgIpc) is 3.06. The Bertz CT molecular complexity index is 1090. The van der Waals surface area contributed by atoms with Crippen molar-refractivity contribution < 1.29 is 13.9 Å². The van der Waals surface area contributed by atoms with Crippen molar-refractivity contribution in [2.75, 3.05) is 49.6 Å². The van der Waals surface area contributed by atoms with Crippen LogP contribution < -0.4 is 21.3 Å². The molecule has 0 aliphatic carbocycles. The van der Waals surface area contributed by atoms with Gasteiger partial charge < -0.3 is 24.7 Å². The molecule has 3 heterocycles. The molecule has 1 fully saturated rings. The summed E-state index contributed by atoms with van der Waals surface area (Å²) >= 11 is 0. The third-order valence-corrected chi connectivity index (χ3v) is 4.78. The van der Waals surface area contributed by atoms with E-state index in [-0.39, 0.29) is 12.5 Å². The van der Waals surface area contributed by atoms with Gasteiger partial charge in [0.2, 0.25) is 11.9 Å². The van der Waals surface area contributed by atoms with Crippen LogP contribution in [0.15, 0.2) is 39.5 Å². The fraction of sp³-hybridized carbons (Fsp3) is 0.400. The molecule has 10 nitrogen and oxygen atoms in total. The maximum Gasteiger partial charge on any atom is 0.420 e. The van der Waals surface area contributed by atoms with Crippen molar-refractivity contribution in [3.8, 4) is 0 Å². The molecule has 0 saturated carbocycles. The molecule has 1 amide bonds. The maximum atomic E-state index is 12.2. The number of hydrogen-bond donors (Lipinski definition) is 2. The van der Waals surface area contributed by atoms with Gasteiger partial charge in [-0.2, -0.15) is 4.98 Å². The Morgan fingerprint density at radius 2 is 1.97 bits per heavy atom. The SMILES string of the molecule is Cc1cc(N2CCOCC2)nc(NCCNC(=O)Cn2c(=O)oc3ccccc32)n1. The molecular formula is C20H24N6O4. The highest BCUT2D eigenvalue weighted by molar-refractivity contribution is 5.79. The van der Waals surface area contributed by atoms with Gasteiger partial charge in [0.1, 0.15) is 12.4 Å². The van der Waals surface area contributed by atoms with Crippen molar-refractivity contribution in [1.82, 2.24) is 19.9 Å². The Labute approximate surface area is 172 Å². The van der Waals surface area contributed by atoms with Crippen LogP contribution in [0.5, 0.6) is 0 Å². The van der Waals surface area contributed by atoms with E-state index in [2.05, 4.69) is 25.5 Å².